The van der Waals surface area contributed by atoms with E-state index in [2.05, 4.69) is 5.32 Å². The van der Waals surface area contributed by atoms with Gasteiger partial charge in [0.2, 0.25) is 0 Å². The Morgan fingerprint density at radius 1 is 1.32 bits per heavy atom. The summed E-state index contributed by atoms with van der Waals surface area (Å²) in [4.78, 5) is 14.3. The number of hydrogen-bond acceptors (Lipinski definition) is 4. The maximum absolute atomic E-state index is 12.4. The minimum absolute atomic E-state index is 0. The summed E-state index contributed by atoms with van der Waals surface area (Å²) in [5.74, 6) is 1.50. The molecule has 1 aliphatic heterocycles. The van der Waals surface area contributed by atoms with Gasteiger partial charge in [-0.05, 0) is 51.1 Å². The van der Waals surface area contributed by atoms with Crippen LogP contribution in [0.2, 0.25) is 0 Å². The molecule has 1 amide bonds. The molecule has 1 heterocycles. The fourth-order valence-corrected chi connectivity index (χ4v) is 2.58. The molecule has 0 aromatic heterocycles. The molecule has 0 aliphatic carbocycles. The molecule has 1 aromatic rings. The van der Waals surface area contributed by atoms with Crippen LogP contribution >= 0.6 is 12.4 Å². The standard InChI is InChI=1S/C16H24N2O3.ClH/c1-12(21-15-8-6-14(20-3)7-9-15)16(19)18-10-4-5-13(11-18)17-2;/h6-9,12-13,17H,4-5,10-11H2,1-3H3;1H. The normalized spacial score (nSPS) is 19.0. The second-order valence-electron chi connectivity index (χ2n) is 5.35. The van der Waals surface area contributed by atoms with E-state index in [1.807, 2.05) is 36.2 Å². The van der Waals surface area contributed by atoms with E-state index in [1.165, 1.54) is 0 Å². The highest BCUT2D eigenvalue weighted by molar-refractivity contribution is 5.85. The zero-order chi connectivity index (χ0) is 15.2. The summed E-state index contributed by atoms with van der Waals surface area (Å²) in [7, 11) is 3.56. The van der Waals surface area contributed by atoms with E-state index in [0.717, 1.165) is 31.7 Å². The molecule has 0 saturated carbocycles. The summed E-state index contributed by atoms with van der Waals surface area (Å²) in [5, 5.41) is 3.24. The van der Waals surface area contributed by atoms with Crippen molar-refractivity contribution in [2.75, 3.05) is 27.2 Å². The summed E-state index contributed by atoms with van der Waals surface area (Å²) in [5.41, 5.74) is 0. The van der Waals surface area contributed by atoms with Crippen LogP contribution in [0.25, 0.3) is 0 Å². The zero-order valence-electron chi connectivity index (χ0n) is 13.4. The molecule has 5 nitrogen and oxygen atoms in total. The Labute approximate surface area is 138 Å². The van der Waals surface area contributed by atoms with Crippen molar-refractivity contribution in [1.29, 1.82) is 0 Å². The van der Waals surface area contributed by atoms with Crippen molar-refractivity contribution in [3.63, 3.8) is 0 Å². The number of halogens is 1. The van der Waals surface area contributed by atoms with Crippen molar-refractivity contribution < 1.29 is 14.3 Å². The maximum atomic E-state index is 12.4. The molecule has 22 heavy (non-hydrogen) atoms. The summed E-state index contributed by atoms with van der Waals surface area (Å²) in [6, 6.07) is 7.66. The number of benzene rings is 1. The lowest BCUT2D eigenvalue weighted by Crippen LogP contribution is -2.50. The molecule has 0 spiro atoms. The Balaban J connectivity index is 0.00000242. The van der Waals surface area contributed by atoms with Gasteiger partial charge in [-0.2, -0.15) is 0 Å². The third kappa shape index (κ3) is 4.78. The van der Waals surface area contributed by atoms with Gasteiger partial charge in [-0.1, -0.05) is 0 Å². The van der Waals surface area contributed by atoms with Crippen LogP contribution in [0.1, 0.15) is 19.8 Å². The molecule has 2 atom stereocenters. The molecule has 1 aromatic carbocycles. The Morgan fingerprint density at radius 3 is 2.55 bits per heavy atom. The average molecular weight is 329 g/mol. The first-order chi connectivity index (χ1) is 10.1. The molecular weight excluding hydrogens is 304 g/mol. The van der Waals surface area contributed by atoms with Crippen molar-refractivity contribution >= 4 is 18.3 Å². The first-order valence-corrected chi connectivity index (χ1v) is 7.40. The Bertz CT molecular complexity index is 467. The van der Waals surface area contributed by atoms with Gasteiger partial charge in [0.05, 0.1) is 7.11 Å². The predicted octanol–water partition coefficient (Wildman–Crippen LogP) is 2.09. The van der Waals surface area contributed by atoms with Crippen molar-refractivity contribution in [3.05, 3.63) is 24.3 Å². The molecule has 2 unspecified atom stereocenters. The highest BCUT2D eigenvalue weighted by atomic mass is 35.5. The lowest BCUT2D eigenvalue weighted by atomic mass is 10.1. The van der Waals surface area contributed by atoms with E-state index in [4.69, 9.17) is 9.47 Å². The molecule has 6 heteroatoms. The van der Waals surface area contributed by atoms with Crippen LogP contribution in [0.4, 0.5) is 0 Å². The van der Waals surface area contributed by atoms with E-state index in [0.29, 0.717) is 11.8 Å². The van der Waals surface area contributed by atoms with Crippen LogP contribution in [0, 0.1) is 0 Å². The average Bonchev–Trinajstić information content (AvgIpc) is 2.54. The topological polar surface area (TPSA) is 50.8 Å². The Morgan fingerprint density at radius 2 is 1.95 bits per heavy atom. The van der Waals surface area contributed by atoms with E-state index in [1.54, 1.807) is 14.0 Å². The number of carbonyl (C=O) groups excluding carboxylic acids is 1. The van der Waals surface area contributed by atoms with Crippen molar-refractivity contribution in [2.24, 2.45) is 0 Å². The van der Waals surface area contributed by atoms with E-state index < -0.39 is 6.10 Å². The first-order valence-electron chi connectivity index (χ1n) is 7.40. The van der Waals surface area contributed by atoms with Crippen molar-refractivity contribution in [2.45, 2.75) is 31.9 Å². The third-order valence-corrected chi connectivity index (χ3v) is 3.86. The van der Waals surface area contributed by atoms with Crippen LogP contribution in [-0.2, 0) is 4.79 Å². The van der Waals surface area contributed by atoms with Gasteiger partial charge in [0.25, 0.3) is 5.91 Å². The van der Waals surface area contributed by atoms with Crippen molar-refractivity contribution in [3.8, 4) is 11.5 Å². The molecule has 0 radical (unpaired) electrons. The smallest absolute Gasteiger partial charge is 0.263 e. The molecular formula is C16H25ClN2O3. The van der Waals surface area contributed by atoms with E-state index in [-0.39, 0.29) is 18.3 Å². The lowest BCUT2D eigenvalue weighted by Gasteiger charge is -2.34. The fraction of sp³-hybridized carbons (Fsp3) is 0.562. The number of methoxy groups -OCH3 is 1. The van der Waals surface area contributed by atoms with Crippen molar-refractivity contribution in [1.82, 2.24) is 10.2 Å². The maximum Gasteiger partial charge on any atom is 0.263 e. The van der Waals surface area contributed by atoms with Gasteiger partial charge < -0.3 is 19.7 Å². The molecule has 1 saturated heterocycles. The molecule has 2 rings (SSSR count). The number of likely N-dealkylation sites (tertiary alicyclic amines) is 1. The summed E-state index contributed by atoms with van der Waals surface area (Å²) >= 11 is 0. The third-order valence-electron chi connectivity index (χ3n) is 3.86. The number of hydrogen-bond donors (Lipinski definition) is 1. The molecule has 1 N–H and O–H groups in total. The number of amides is 1. The SMILES string of the molecule is CNC1CCCN(C(=O)C(C)Oc2ccc(OC)cc2)C1.Cl. The minimum atomic E-state index is -0.478. The van der Waals surface area contributed by atoms with Gasteiger partial charge in [0, 0.05) is 19.1 Å². The van der Waals surface area contributed by atoms with Crippen LogP contribution in [0.5, 0.6) is 11.5 Å². The monoisotopic (exact) mass is 328 g/mol. The predicted molar refractivity (Wildman–Crippen MR) is 89.0 cm³/mol. The second-order valence-corrected chi connectivity index (χ2v) is 5.35. The molecule has 0 bridgehead atoms. The summed E-state index contributed by atoms with van der Waals surface area (Å²) in [6.45, 7) is 3.37. The number of nitrogens with one attached hydrogen (secondary N) is 1. The van der Waals surface area contributed by atoms with Crippen LogP contribution in [-0.4, -0.2) is 50.2 Å². The number of piperidine rings is 1. The summed E-state index contributed by atoms with van der Waals surface area (Å²) < 4.78 is 10.8. The van der Waals surface area contributed by atoms with E-state index >= 15 is 0 Å². The Kier molecular flexibility index (Phi) is 7.48. The molecule has 124 valence electrons. The number of ether oxygens (including phenoxy) is 2. The number of rotatable bonds is 5. The molecule has 1 aliphatic rings. The summed E-state index contributed by atoms with van der Waals surface area (Å²) in [6.07, 6.45) is 1.68. The van der Waals surface area contributed by atoms with Gasteiger partial charge >= 0.3 is 0 Å². The number of likely N-dealkylation sites (N-methyl/N-ethyl adjacent to an activating group) is 1. The largest absolute Gasteiger partial charge is 0.497 e. The van der Waals surface area contributed by atoms with Crippen LogP contribution in [0.3, 0.4) is 0 Å². The quantitative estimate of drug-likeness (QED) is 0.899. The fourth-order valence-electron chi connectivity index (χ4n) is 2.58. The Hall–Kier alpha value is -1.46. The van der Waals surface area contributed by atoms with Gasteiger partial charge in [-0.15, -0.1) is 12.4 Å². The second kappa shape index (κ2) is 8.86. The van der Waals surface area contributed by atoms with E-state index in [9.17, 15) is 4.79 Å². The number of carbonyl (C=O) groups is 1. The lowest BCUT2D eigenvalue weighted by molar-refractivity contribution is -0.139. The molecule has 1 fully saturated rings. The highest BCUT2D eigenvalue weighted by Gasteiger charge is 2.27. The minimum Gasteiger partial charge on any atom is -0.497 e. The van der Waals surface area contributed by atoms with Gasteiger partial charge in [-0.25, -0.2) is 0 Å². The number of nitrogens with zero attached hydrogens (tertiary/aromatic N) is 1. The van der Waals surface area contributed by atoms with Crippen LogP contribution in [0.15, 0.2) is 24.3 Å². The van der Waals surface area contributed by atoms with Gasteiger partial charge in [0.1, 0.15) is 11.5 Å². The van der Waals surface area contributed by atoms with Gasteiger partial charge in [-0.3, -0.25) is 4.79 Å². The highest BCUT2D eigenvalue weighted by Crippen LogP contribution is 2.19. The van der Waals surface area contributed by atoms with Crippen LogP contribution < -0.4 is 14.8 Å². The first kappa shape index (κ1) is 18.6. The van der Waals surface area contributed by atoms with Gasteiger partial charge in [0.15, 0.2) is 6.10 Å². The zero-order valence-corrected chi connectivity index (χ0v) is 14.2.